The summed E-state index contributed by atoms with van der Waals surface area (Å²) in [5.41, 5.74) is 10.7. The molecule has 5 N–H and O–H groups in total. The molecule has 0 aliphatic carbocycles. The van der Waals surface area contributed by atoms with Crippen molar-refractivity contribution in [1.82, 2.24) is 0 Å². The van der Waals surface area contributed by atoms with Gasteiger partial charge in [-0.05, 0) is 12.1 Å². The van der Waals surface area contributed by atoms with Crippen molar-refractivity contribution in [2.45, 2.75) is 0 Å². The van der Waals surface area contributed by atoms with Crippen molar-refractivity contribution in [3.63, 3.8) is 0 Å². The van der Waals surface area contributed by atoms with Crippen LogP contribution in [0.4, 0.5) is 10.5 Å². The van der Waals surface area contributed by atoms with Gasteiger partial charge in [-0.2, -0.15) is 0 Å². The second-order valence-electron chi connectivity index (χ2n) is 3.10. The Hall–Kier alpha value is -2.44. The summed E-state index contributed by atoms with van der Waals surface area (Å²) in [5, 5.41) is 7.28. The maximum Gasteiger partial charge on any atom is 0.326 e. The van der Waals surface area contributed by atoms with Gasteiger partial charge in [0.2, 0.25) is 5.96 Å². The lowest BCUT2D eigenvalue weighted by Crippen LogP contribution is -2.44. The molecule has 0 aliphatic rings. The number of guanidine groups is 1. The molecule has 92 valence electrons. The third-order valence-electron chi connectivity index (χ3n) is 2.09. The first kappa shape index (κ1) is 12.6. The molecular formula is C10H14N4O3. The molecule has 1 aromatic carbocycles. The number of nitrogens with one attached hydrogen (secondary N) is 1. The molecule has 0 unspecified atom stereocenters. The summed E-state index contributed by atoms with van der Waals surface area (Å²) in [4.78, 5) is 12.0. The molecule has 7 heteroatoms. The van der Waals surface area contributed by atoms with E-state index in [1.165, 1.54) is 20.3 Å². The van der Waals surface area contributed by atoms with Gasteiger partial charge in [-0.1, -0.05) is 0 Å². The van der Waals surface area contributed by atoms with Gasteiger partial charge in [-0.25, -0.2) is 9.69 Å². The molecule has 0 aliphatic heterocycles. The largest absolute Gasteiger partial charge is 0.493 e. The van der Waals surface area contributed by atoms with Gasteiger partial charge in [0.1, 0.15) is 0 Å². The minimum atomic E-state index is -0.843. The van der Waals surface area contributed by atoms with Gasteiger partial charge in [-0.3, -0.25) is 5.41 Å². The van der Waals surface area contributed by atoms with Crippen LogP contribution in [0.3, 0.4) is 0 Å². The standard InChI is InChI=1S/C10H14N4O3/c1-16-7-4-3-6(5-8(7)17-2)14(9(11)12)10(13)15/h3-5H,1-2H3,(H3,11,12)(H2,13,15). The van der Waals surface area contributed by atoms with Crippen LogP contribution in [-0.2, 0) is 0 Å². The maximum absolute atomic E-state index is 11.2. The zero-order valence-electron chi connectivity index (χ0n) is 9.56. The number of amides is 2. The van der Waals surface area contributed by atoms with Crippen molar-refractivity contribution in [3.8, 4) is 11.5 Å². The summed E-state index contributed by atoms with van der Waals surface area (Å²) in [6, 6.07) is 3.80. The highest BCUT2D eigenvalue weighted by molar-refractivity contribution is 6.13. The van der Waals surface area contributed by atoms with Crippen LogP contribution in [0.2, 0.25) is 0 Å². The molecule has 7 nitrogen and oxygen atoms in total. The van der Waals surface area contributed by atoms with Gasteiger partial charge < -0.3 is 20.9 Å². The summed E-state index contributed by atoms with van der Waals surface area (Å²) in [6.45, 7) is 0. The number of carbonyl (C=O) groups is 1. The third-order valence-corrected chi connectivity index (χ3v) is 2.09. The molecule has 0 spiro atoms. The lowest BCUT2D eigenvalue weighted by molar-refractivity contribution is 0.256. The number of nitrogens with zero attached hydrogens (tertiary/aromatic N) is 1. The Kier molecular flexibility index (Phi) is 3.76. The van der Waals surface area contributed by atoms with Crippen LogP contribution in [0.5, 0.6) is 11.5 Å². The van der Waals surface area contributed by atoms with Crippen molar-refractivity contribution in [2.24, 2.45) is 11.5 Å². The molecule has 0 bridgehead atoms. The summed E-state index contributed by atoms with van der Waals surface area (Å²) in [5.74, 6) is 0.450. The summed E-state index contributed by atoms with van der Waals surface area (Å²) < 4.78 is 10.1. The Morgan fingerprint density at radius 1 is 1.24 bits per heavy atom. The lowest BCUT2D eigenvalue weighted by Gasteiger charge is -2.19. The fourth-order valence-corrected chi connectivity index (χ4v) is 1.35. The van der Waals surface area contributed by atoms with E-state index < -0.39 is 12.0 Å². The van der Waals surface area contributed by atoms with E-state index in [-0.39, 0.29) is 0 Å². The lowest BCUT2D eigenvalue weighted by atomic mass is 10.2. The van der Waals surface area contributed by atoms with Gasteiger partial charge in [0.25, 0.3) is 0 Å². The Balaban J connectivity index is 3.22. The van der Waals surface area contributed by atoms with Gasteiger partial charge >= 0.3 is 6.03 Å². The number of primary amides is 1. The first-order valence-electron chi connectivity index (χ1n) is 4.67. The van der Waals surface area contributed by atoms with E-state index in [0.29, 0.717) is 17.2 Å². The monoisotopic (exact) mass is 238 g/mol. The summed E-state index contributed by atoms with van der Waals surface area (Å²) in [6.07, 6.45) is 0. The molecule has 0 aromatic heterocycles. The van der Waals surface area contributed by atoms with Crippen LogP contribution < -0.4 is 25.8 Å². The molecular weight excluding hydrogens is 224 g/mol. The molecule has 1 rings (SSSR count). The quantitative estimate of drug-likeness (QED) is 0.524. The first-order valence-corrected chi connectivity index (χ1v) is 4.67. The number of benzene rings is 1. The predicted octanol–water partition coefficient (Wildman–Crippen LogP) is 0.482. The molecule has 1 aromatic rings. The van der Waals surface area contributed by atoms with Crippen molar-refractivity contribution in [1.29, 1.82) is 5.41 Å². The third kappa shape index (κ3) is 2.57. The van der Waals surface area contributed by atoms with Gasteiger partial charge in [0.05, 0.1) is 19.9 Å². The molecule has 0 atom stereocenters. The van der Waals surface area contributed by atoms with Gasteiger partial charge in [-0.15, -0.1) is 0 Å². The second-order valence-corrected chi connectivity index (χ2v) is 3.10. The number of hydrogen-bond donors (Lipinski definition) is 3. The fraction of sp³-hybridized carbons (Fsp3) is 0.200. The predicted molar refractivity (Wildman–Crippen MR) is 63.5 cm³/mol. The van der Waals surface area contributed by atoms with E-state index in [0.717, 1.165) is 4.90 Å². The first-order chi connectivity index (χ1) is 8.01. The number of rotatable bonds is 3. The Morgan fingerprint density at radius 3 is 2.24 bits per heavy atom. The van der Waals surface area contributed by atoms with E-state index >= 15 is 0 Å². The van der Waals surface area contributed by atoms with Crippen LogP contribution >= 0.6 is 0 Å². The van der Waals surface area contributed by atoms with E-state index in [1.807, 2.05) is 0 Å². The zero-order valence-corrected chi connectivity index (χ0v) is 9.56. The Labute approximate surface area is 98.4 Å². The zero-order chi connectivity index (χ0) is 13.0. The average molecular weight is 238 g/mol. The molecule has 0 saturated heterocycles. The van der Waals surface area contributed by atoms with Crippen LogP contribution in [0.25, 0.3) is 0 Å². The maximum atomic E-state index is 11.2. The topological polar surface area (TPSA) is 115 Å². The van der Waals surface area contributed by atoms with Crippen molar-refractivity contribution in [2.75, 3.05) is 19.1 Å². The Bertz CT molecular complexity index is 433. The number of hydrogen-bond acceptors (Lipinski definition) is 4. The van der Waals surface area contributed by atoms with E-state index in [4.69, 9.17) is 26.4 Å². The van der Waals surface area contributed by atoms with Gasteiger partial charge in [0, 0.05) is 6.07 Å². The minimum Gasteiger partial charge on any atom is -0.493 e. The minimum absolute atomic E-state index is 0.336. The molecule has 0 saturated carbocycles. The van der Waals surface area contributed by atoms with Gasteiger partial charge in [0.15, 0.2) is 11.5 Å². The SMILES string of the molecule is COc1ccc(N(C(=N)N)C(N)=O)cc1OC. The molecule has 0 fully saturated rings. The highest BCUT2D eigenvalue weighted by atomic mass is 16.5. The number of methoxy groups -OCH3 is 2. The number of nitrogens with two attached hydrogens (primary N) is 2. The van der Waals surface area contributed by atoms with Crippen molar-refractivity contribution >= 4 is 17.7 Å². The fourth-order valence-electron chi connectivity index (χ4n) is 1.35. The highest BCUT2D eigenvalue weighted by Gasteiger charge is 2.17. The molecule has 2 amide bonds. The number of anilines is 1. The van der Waals surface area contributed by atoms with E-state index in [1.54, 1.807) is 12.1 Å². The molecule has 17 heavy (non-hydrogen) atoms. The van der Waals surface area contributed by atoms with Crippen LogP contribution in [0.1, 0.15) is 0 Å². The smallest absolute Gasteiger partial charge is 0.326 e. The van der Waals surface area contributed by atoms with E-state index in [2.05, 4.69) is 0 Å². The van der Waals surface area contributed by atoms with Crippen molar-refractivity contribution in [3.05, 3.63) is 18.2 Å². The van der Waals surface area contributed by atoms with Crippen molar-refractivity contribution < 1.29 is 14.3 Å². The van der Waals surface area contributed by atoms with Crippen LogP contribution in [0, 0.1) is 5.41 Å². The van der Waals surface area contributed by atoms with Crippen LogP contribution in [-0.4, -0.2) is 26.2 Å². The number of ether oxygens (including phenoxy) is 2. The summed E-state index contributed by atoms with van der Waals surface area (Å²) >= 11 is 0. The Morgan fingerprint density at radius 2 is 1.82 bits per heavy atom. The summed E-state index contributed by atoms with van der Waals surface area (Å²) in [7, 11) is 2.96. The highest BCUT2D eigenvalue weighted by Crippen LogP contribution is 2.31. The average Bonchev–Trinajstić information content (AvgIpc) is 2.27. The number of urea groups is 1. The van der Waals surface area contributed by atoms with E-state index in [9.17, 15) is 4.79 Å². The van der Waals surface area contributed by atoms with Crippen LogP contribution in [0.15, 0.2) is 18.2 Å². The molecule has 0 heterocycles. The second kappa shape index (κ2) is 5.06. The number of carbonyl (C=O) groups excluding carboxylic acids is 1. The normalized spacial score (nSPS) is 9.53. The molecule has 0 radical (unpaired) electrons.